The normalized spacial score (nSPS) is 21.4. The van der Waals surface area contributed by atoms with Crippen LogP contribution in [0, 0.1) is 11.3 Å². The van der Waals surface area contributed by atoms with Gasteiger partial charge in [-0.2, -0.15) is 13.2 Å². The quantitative estimate of drug-likeness (QED) is 0.458. The summed E-state index contributed by atoms with van der Waals surface area (Å²) in [6, 6.07) is 11.3. The highest BCUT2D eigenvalue weighted by molar-refractivity contribution is 6.46. The van der Waals surface area contributed by atoms with Gasteiger partial charge in [-0.05, 0) is 66.8 Å². The lowest BCUT2D eigenvalue weighted by atomic mass is 9.69. The molecule has 0 atom stereocenters. The molecule has 2 aromatic carbocycles. The van der Waals surface area contributed by atoms with Crippen molar-refractivity contribution in [3.8, 4) is 0 Å². The van der Waals surface area contributed by atoms with Gasteiger partial charge < -0.3 is 15.3 Å². The van der Waals surface area contributed by atoms with E-state index in [1.165, 1.54) is 12.1 Å². The zero-order valence-corrected chi connectivity index (χ0v) is 22.8. The van der Waals surface area contributed by atoms with Gasteiger partial charge in [0, 0.05) is 24.2 Å². The van der Waals surface area contributed by atoms with Gasteiger partial charge in [0.05, 0.1) is 12.0 Å². The number of aliphatic carboxylic acids is 1. The standard InChI is InChI=1S/C30H34F3N3O4/c1-28(2,3)22-12-15-29(16-13-22)35-25(20-8-10-23(11-9-20)30(31,32)33)27(40)36(29)18-19-4-6-21(7-5-19)26(39)34-17-14-24(37)38/h4-11,22H,12-18H2,1-3H3,(H,34,39)(H,37,38). The number of hydrogen-bond donors (Lipinski definition) is 2. The van der Waals surface area contributed by atoms with Gasteiger partial charge in [-0.15, -0.1) is 0 Å². The van der Waals surface area contributed by atoms with Crippen LogP contribution in [0.4, 0.5) is 13.2 Å². The highest BCUT2D eigenvalue weighted by Gasteiger charge is 2.50. The maximum Gasteiger partial charge on any atom is 0.416 e. The summed E-state index contributed by atoms with van der Waals surface area (Å²) in [5.41, 5.74) is 0.190. The molecule has 1 fully saturated rings. The van der Waals surface area contributed by atoms with Crippen LogP contribution >= 0.6 is 0 Å². The Morgan fingerprint density at radius 1 is 1.02 bits per heavy atom. The summed E-state index contributed by atoms with van der Waals surface area (Å²) in [5.74, 6) is -1.27. The minimum Gasteiger partial charge on any atom is -0.481 e. The van der Waals surface area contributed by atoms with Gasteiger partial charge in [0.25, 0.3) is 11.8 Å². The Morgan fingerprint density at radius 3 is 2.15 bits per heavy atom. The van der Waals surface area contributed by atoms with Crippen LogP contribution in [0.2, 0.25) is 0 Å². The predicted molar refractivity (Wildman–Crippen MR) is 144 cm³/mol. The van der Waals surface area contributed by atoms with Crippen LogP contribution in [0.3, 0.4) is 0 Å². The largest absolute Gasteiger partial charge is 0.481 e. The number of nitrogens with one attached hydrogen (secondary N) is 1. The Morgan fingerprint density at radius 2 is 1.62 bits per heavy atom. The van der Waals surface area contributed by atoms with Crippen LogP contribution in [-0.4, -0.2) is 45.7 Å². The molecule has 1 aliphatic carbocycles. The van der Waals surface area contributed by atoms with Crippen molar-refractivity contribution >= 4 is 23.5 Å². The molecule has 2 aromatic rings. The molecule has 1 heterocycles. The number of rotatable bonds is 7. The summed E-state index contributed by atoms with van der Waals surface area (Å²) < 4.78 is 39.3. The van der Waals surface area contributed by atoms with Crippen molar-refractivity contribution in [3.05, 3.63) is 70.8 Å². The van der Waals surface area contributed by atoms with Crippen molar-refractivity contribution in [1.82, 2.24) is 10.2 Å². The second-order valence-corrected chi connectivity index (χ2v) is 11.6. The van der Waals surface area contributed by atoms with Gasteiger partial charge in [0.2, 0.25) is 0 Å². The SMILES string of the molecule is CC(C)(C)C1CCC2(CC1)N=C(c1ccc(C(F)(F)F)cc1)C(=O)N2Cc1ccc(C(=O)NCCC(=O)O)cc1. The number of hydrogen-bond acceptors (Lipinski definition) is 4. The average Bonchev–Trinajstić information content (AvgIpc) is 3.14. The van der Waals surface area contributed by atoms with E-state index in [-0.39, 0.29) is 36.5 Å². The minimum atomic E-state index is -4.47. The Hall–Kier alpha value is -3.69. The van der Waals surface area contributed by atoms with Crippen LogP contribution in [0.5, 0.6) is 0 Å². The summed E-state index contributed by atoms with van der Waals surface area (Å²) in [4.78, 5) is 43.4. The summed E-state index contributed by atoms with van der Waals surface area (Å²) in [6.07, 6.45) is -1.62. The molecule has 7 nitrogen and oxygen atoms in total. The molecule has 1 spiro atoms. The number of halogens is 3. The molecule has 40 heavy (non-hydrogen) atoms. The number of benzene rings is 2. The van der Waals surface area contributed by atoms with E-state index in [9.17, 15) is 27.6 Å². The average molecular weight is 558 g/mol. The van der Waals surface area contributed by atoms with Crippen LogP contribution in [-0.2, 0) is 22.3 Å². The number of carbonyl (C=O) groups is 3. The van der Waals surface area contributed by atoms with E-state index in [4.69, 9.17) is 10.1 Å². The van der Waals surface area contributed by atoms with E-state index >= 15 is 0 Å². The van der Waals surface area contributed by atoms with Gasteiger partial charge in [-0.25, -0.2) is 0 Å². The number of aliphatic imine (C=N–C) groups is 1. The van der Waals surface area contributed by atoms with Crippen molar-refractivity contribution in [2.75, 3.05) is 6.54 Å². The number of carboxylic acids is 1. The molecule has 0 unspecified atom stereocenters. The first-order chi connectivity index (χ1) is 18.7. The molecule has 0 radical (unpaired) electrons. The molecule has 0 aromatic heterocycles. The summed E-state index contributed by atoms with van der Waals surface area (Å²) >= 11 is 0. The van der Waals surface area contributed by atoms with E-state index in [1.54, 1.807) is 29.2 Å². The van der Waals surface area contributed by atoms with Gasteiger partial charge in [-0.1, -0.05) is 45.0 Å². The van der Waals surface area contributed by atoms with Crippen molar-refractivity contribution in [3.63, 3.8) is 0 Å². The summed E-state index contributed by atoms with van der Waals surface area (Å²) in [7, 11) is 0. The molecule has 0 bridgehead atoms. The van der Waals surface area contributed by atoms with Crippen molar-refractivity contribution in [1.29, 1.82) is 0 Å². The Labute approximate surface area is 231 Å². The van der Waals surface area contributed by atoms with Gasteiger partial charge in [0.15, 0.2) is 0 Å². The van der Waals surface area contributed by atoms with Gasteiger partial charge >= 0.3 is 12.1 Å². The zero-order chi connectivity index (χ0) is 29.3. The molecule has 1 aliphatic heterocycles. The summed E-state index contributed by atoms with van der Waals surface area (Å²) in [5, 5.41) is 11.3. The first kappa shape index (κ1) is 29.3. The molecule has 2 N–H and O–H groups in total. The number of carbonyl (C=O) groups excluding carboxylic acids is 2. The first-order valence-corrected chi connectivity index (χ1v) is 13.4. The second kappa shape index (κ2) is 11.1. The molecule has 4 rings (SSSR count). The summed E-state index contributed by atoms with van der Waals surface area (Å²) in [6.45, 7) is 6.84. The Bertz CT molecular complexity index is 1290. The fourth-order valence-electron chi connectivity index (χ4n) is 5.51. The maximum absolute atomic E-state index is 13.8. The van der Waals surface area contributed by atoms with Crippen LogP contribution in [0.1, 0.15) is 79.9 Å². The lowest BCUT2D eigenvalue weighted by Crippen LogP contribution is -2.49. The maximum atomic E-state index is 13.8. The van der Waals surface area contributed by atoms with E-state index in [2.05, 4.69) is 26.1 Å². The number of nitrogens with zero attached hydrogens (tertiary/aromatic N) is 2. The molecule has 2 amide bonds. The predicted octanol–water partition coefficient (Wildman–Crippen LogP) is 5.67. The smallest absolute Gasteiger partial charge is 0.416 e. The topological polar surface area (TPSA) is 99.1 Å². The fourth-order valence-corrected chi connectivity index (χ4v) is 5.51. The van der Waals surface area contributed by atoms with Crippen molar-refractivity contribution in [2.24, 2.45) is 16.3 Å². The molecule has 1 saturated carbocycles. The molecular formula is C30H34F3N3O4. The Balaban J connectivity index is 1.57. The monoisotopic (exact) mass is 557 g/mol. The molecular weight excluding hydrogens is 523 g/mol. The van der Waals surface area contributed by atoms with Crippen molar-refractivity contribution < 1.29 is 32.7 Å². The number of amides is 2. The Kier molecular flexibility index (Phi) is 8.10. The first-order valence-electron chi connectivity index (χ1n) is 13.4. The fraction of sp³-hybridized carbons (Fsp3) is 0.467. The lowest BCUT2D eigenvalue weighted by Gasteiger charge is -2.44. The number of carboxylic acid groups (broad SMARTS) is 1. The molecule has 2 aliphatic rings. The highest BCUT2D eigenvalue weighted by Crippen LogP contribution is 2.47. The highest BCUT2D eigenvalue weighted by atomic mass is 19.4. The van der Waals surface area contributed by atoms with Crippen LogP contribution < -0.4 is 5.32 Å². The molecule has 214 valence electrons. The lowest BCUT2D eigenvalue weighted by molar-refractivity contribution is -0.138. The second-order valence-electron chi connectivity index (χ2n) is 11.6. The third-order valence-corrected chi connectivity index (χ3v) is 7.95. The van der Waals surface area contributed by atoms with Crippen LogP contribution in [0.25, 0.3) is 0 Å². The molecule has 10 heteroatoms. The number of alkyl halides is 3. The third-order valence-electron chi connectivity index (χ3n) is 7.95. The van der Waals surface area contributed by atoms with Crippen LogP contribution in [0.15, 0.2) is 53.5 Å². The third kappa shape index (κ3) is 6.37. The van der Waals surface area contributed by atoms with E-state index in [0.717, 1.165) is 30.5 Å². The van der Waals surface area contributed by atoms with Gasteiger partial charge in [0.1, 0.15) is 11.4 Å². The van der Waals surface area contributed by atoms with E-state index in [0.29, 0.717) is 29.9 Å². The van der Waals surface area contributed by atoms with Crippen molar-refractivity contribution in [2.45, 2.75) is 71.3 Å². The zero-order valence-electron chi connectivity index (χ0n) is 22.8. The van der Waals surface area contributed by atoms with Gasteiger partial charge in [-0.3, -0.25) is 19.4 Å². The van der Waals surface area contributed by atoms with E-state index < -0.39 is 29.3 Å². The minimum absolute atomic E-state index is 0.0142. The molecule has 0 saturated heterocycles. The van der Waals surface area contributed by atoms with E-state index in [1.807, 2.05) is 0 Å².